The third-order valence-corrected chi connectivity index (χ3v) is 5.66. The van der Waals surface area contributed by atoms with E-state index >= 15 is 0 Å². The van der Waals surface area contributed by atoms with E-state index < -0.39 is 47.2 Å². The van der Waals surface area contributed by atoms with E-state index in [1.54, 1.807) is 0 Å². The SMILES string of the molecule is Cn1nc(C(F)(F)C(F)(F)F)c(NC(F)=C(F)F)c1-n1cc(-c2ccc(Cl)c(C(=O)NC3CC3)c2)cn1. The van der Waals surface area contributed by atoms with Gasteiger partial charge < -0.3 is 10.6 Å². The molecule has 4 rings (SSSR count). The average Bonchev–Trinajstić information content (AvgIpc) is 3.37. The van der Waals surface area contributed by atoms with Gasteiger partial charge in [-0.1, -0.05) is 17.7 Å². The first kappa shape index (κ1) is 26.4. The number of halogens is 9. The van der Waals surface area contributed by atoms with Crippen LogP contribution in [0.2, 0.25) is 5.02 Å². The second-order valence-corrected chi connectivity index (χ2v) is 8.47. The maximum Gasteiger partial charge on any atom is 0.459 e. The highest BCUT2D eigenvalue weighted by Crippen LogP contribution is 2.47. The number of aromatic nitrogens is 4. The minimum Gasteiger partial charge on any atom is -0.349 e. The highest BCUT2D eigenvalue weighted by atomic mass is 35.5. The Balaban J connectivity index is 1.79. The zero-order chi connectivity index (χ0) is 27.3. The Morgan fingerprint density at radius 3 is 2.38 bits per heavy atom. The second kappa shape index (κ2) is 9.36. The number of nitrogens with zero attached hydrogens (tertiary/aromatic N) is 4. The molecule has 2 heterocycles. The summed E-state index contributed by atoms with van der Waals surface area (Å²) in [6.45, 7) is 0. The molecule has 1 fully saturated rings. The number of alkyl halides is 5. The largest absolute Gasteiger partial charge is 0.459 e. The molecule has 1 aromatic carbocycles. The van der Waals surface area contributed by atoms with Crippen molar-refractivity contribution in [3.8, 4) is 16.9 Å². The molecule has 198 valence electrons. The van der Waals surface area contributed by atoms with Gasteiger partial charge in [-0.2, -0.15) is 45.3 Å². The molecule has 1 aliphatic rings. The van der Waals surface area contributed by atoms with Crippen LogP contribution in [-0.2, 0) is 13.0 Å². The lowest BCUT2D eigenvalue weighted by molar-refractivity contribution is -0.290. The Hall–Kier alpha value is -3.62. The van der Waals surface area contributed by atoms with Gasteiger partial charge >= 0.3 is 18.2 Å². The van der Waals surface area contributed by atoms with E-state index in [9.17, 15) is 39.9 Å². The second-order valence-electron chi connectivity index (χ2n) is 8.06. The van der Waals surface area contributed by atoms with Crippen molar-refractivity contribution in [3.05, 3.63) is 58.9 Å². The molecule has 7 nitrogen and oxygen atoms in total. The van der Waals surface area contributed by atoms with Crippen molar-refractivity contribution in [3.63, 3.8) is 0 Å². The van der Waals surface area contributed by atoms with Crippen LogP contribution >= 0.6 is 11.6 Å². The molecule has 0 saturated heterocycles. The summed E-state index contributed by atoms with van der Waals surface area (Å²) in [5, 5.41) is 11.2. The summed E-state index contributed by atoms with van der Waals surface area (Å²) in [5.41, 5.74) is -2.71. The first-order valence-electron chi connectivity index (χ1n) is 10.4. The number of carbonyl (C=O) groups is 1. The van der Waals surface area contributed by atoms with Gasteiger partial charge in [0.15, 0.2) is 11.5 Å². The van der Waals surface area contributed by atoms with Gasteiger partial charge in [0.2, 0.25) is 0 Å². The van der Waals surface area contributed by atoms with Crippen LogP contribution in [0, 0.1) is 0 Å². The van der Waals surface area contributed by atoms with Crippen molar-refractivity contribution < 1.29 is 39.9 Å². The number of anilines is 1. The lowest BCUT2D eigenvalue weighted by Gasteiger charge is -2.19. The van der Waals surface area contributed by atoms with Gasteiger partial charge in [0.25, 0.3) is 11.9 Å². The minimum absolute atomic E-state index is 0.0401. The third-order valence-electron chi connectivity index (χ3n) is 5.33. The number of rotatable bonds is 7. The van der Waals surface area contributed by atoms with Crippen LogP contribution in [0.25, 0.3) is 16.9 Å². The molecular weight excluding hydrogens is 540 g/mol. The lowest BCUT2D eigenvalue weighted by Crippen LogP contribution is -2.34. The predicted octanol–water partition coefficient (Wildman–Crippen LogP) is 5.92. The molecule has 1 aliphatic carbocycles. The molecule has 0 atom stereocenters. The van der Waals surface area contributed by atoms with Crippen molar-refractivity contribution in [2.45, 2.75) is 31.0 Å². The highest BCUT2D eigenvalue weighted by Gasteiger charge is 2.62. The quantitative estimate of drug-likeness (QED) is 0.281. The standard InChI is InChI=1S/C21H15ClF8N6O/c1-35-19(14(33-17(25)16(23)24)15(34-35)20(26,27)21(28,29)30)36-8-10(7-31-36)9-2-5-13(22)12(6-9)18(37)32-11-3-4-11/h2,5-8,11,33H,3-4H2,1H3,(H,32,37). The number of aryl methyl sites for hydroxylation is 1. The molecule has 1 amide bonds. The maximum atomic E-state index is 14.2. The fraction of sp³-hybridized carbons (Fsp3) is 0.286. The zero-order valence-corrected chi connectivity index (χ0v) is 19.2. The zero-order valence-electron chi connectivity index (χ0n) is 18.5. The van der Waals surface area contributed by atoms with Crippen LogP contribution in [0.3, 0.4) is 0 Å². The summed E-state index contributed by atoms with van der Waals surface area (Å²) < 4.78 is 108. The number of hydrogen-bond donors (Lipinski definition) is 2. The van der Waals surface area contributed by atoms with E-state index in [1.807, 2.05) is 0 Å². The summed E-state index contributed by atoms with van der Waals surface area (Å²) in [5.74, 6) is -9.23. The Morgan fingerprint density at radius 2 is 1.78 bits per heavy atom. The van der Waals surface area contributed by atoms with Gasteiger partial charge in [0.05, 0.1) is 16.8 Å². The predicted molar refractivity (Wildman–Crippen MR) is 115 cm³/mol. The van der Waals surface area contributed by atoms with Gasteiger partial charge in [-0.05, 0) is 30.5 Å². The van der Waals surface area contributed by atoms with Crippen LogP contribution < -0.4 is 10.6 Å². The number of carbonyl (C=O) groups excluding carboxylic acids is 1. The van der Waals surface area contributed by atoms with E-state index in [0.717, 1.165) is 37.0 Å². The molecule has 0 spiro atoms. The number of nitrogens with one attached hydrogen (secondary N) is 2. The molecule has 2 N–H and O–H groups in total. The average molecular weight is 555 g/mol. The smallest absolute Gasteiger partial charge is 0.349 e. The van der Waals surface area contributed by atoms with E-state index in [2.05, 4.69) is 15.5 Å². The normalized spacial score (nSPS) is 14.0. The van der Waals surface area contributed by atoms with Crippen LogP contribution in [0.15, 0.2) is 42.6 Å². The van der Waals surface area contributed by atoms with Gasteiger partial charge in [0, 0.05) is 24.8 Å². The third kappa shape index (κ3) is 5.12. The fourth-order valence-corrected chi connectivity index (χ4v) is 3.56. The van der Waals surface area contributed by atoms with E-state index in [0.29, 0.717) is 10.2 Å². The summed E-state index contributed by atoms with van der Waals surface area (Å²) in [6, 6.07) is 4.36. The highest BCUT2D eigenvalue weighted by molar-refractivity contribution is 6.34. The van der Waals surface area contributed by atoms with Gasteiger partial charge in [-0.15, -0.1) is 0 Å². The van der Waals surface area contributed by atoms with E-state index in [1.165, 1.54) is 23.5 Å². The monoisotopic (exact) mass is 554 g/mol. The van der Waals surface area contributed by atoms with Gasteiger partial charge in [-0.3, -0.25) is 4.79 Å². The summed E-state index contributed by atoms with van der Waals surface area (Å²) in [7, 11) is 0.938. The molecule has 0 unspecified atom stereocenters. The molecule has 1 saturated carbocycles. The van der Waals surface area contributed by atoms with Gasteiger partial charge in [-0.25, -0.2) is 9.36 Å². The molecular formula is C21H15ClF8N6O. The molecule has 37 heavy (non-hydrogen) atoms. The molecule has 0 bridgehead atoms. The van der Waals surface area contributed by atoms with Crippen molar-refractivity contribution in [2.75, 3.05) is 5.32 Å². The van der Waals surface area contributed by atoms with Crippen LogP contribution in [0.1, 0.15) is 28.9 Å². The van der Waals surface area contributed by atoms with E-state index in [-0.39, 0.29) is 22.2 Å². The van der Waals surface area contributed by atoms with Crippen molar-refractivity contribution >= 4 is 23.2 Å². The Bertz CT molecular complexity index is 1390. The topological polar surface area (TPSA) is 76.8 Å². The molecule has 0 aliphatic heterocycles. The van der Waals surface area contributed by atoms with Crippen LogP contribution in [0.5, 0.6) is 0 Å². The molecule has 2 aromatic heterocycles. The summed E-state index contributed by atoms with van der Waals surface area (Å²) >= 11 is 6.12. The lowest BCUT2D eigenvalue weighted by atomic mass is 10.1. The van der Waals surface area contributed by atoms with Crippen LogP contribution in [0.4, 0.5) is 40.8 Å². The number of amides is 1. The Morgan fingerprint density at radius 1 is 1.11 bits per heavy atom. The minimum atomic E-state index is -6.17. The van der Waals surface area contributed by atoms with Gasteiger partial charge in [0.1, 0.15) is 5.69 Å². The Labute approximate surface area is 207 Å². The van der Waals surface area contributed by atoms with Crippen LogP contribution in [-0.4, -0.2) is 37.7 Å². The fourth-order valence-electron chi connectivity index (χ4n) is 3.36. The molecule has 16 heteroatoms. The van der Waals surface area contributed by atoms with Crippen molar-refractivity contribution in [2.24, 2.45) is 7.05 Å². The molecule has 0 radical (unpaired) electrons. The first-order chi connectivity index (χ1) is 17.2. The number of hydrogen-bond acceptors (Lipinski definition) is 4. The first-order valence-corrected chi connectivity index (χ1v) is 10.7. The summed E-state index contributed by atoms with van der Waals surface area (Å²) in [6.07, 6.45) is -5.21. The summed E-state index contributed by atoms with van der Waals surface area (Å²) in [4.78, 5) is 12.5. The number of benzene rings is 1. The maximum absolute atomic E-state index is 14.2. The van der Waals surface area contributed by atoms with Crippen molar-refractivity contribution in [1.29, 1.82) is 0 Å². The van der Waals surface area contributed by atoms with E-state index in [4.69, 9.17) is 11.6 Å². The Kier molecular flexibility index (Phi) is 6.69. The molecule has 3 aromatic rings. The van der Waals surface area contributed by atoms with Crippen molar-refractivity contribution in [1.82, 2.24) is 24.9 Å².